The fourth-order valence-corrected chi connectivity index (χ4v) is 2.70. The third-order valence-corrected chi connectivity index (χ3v) is 3.87. The lowest BCUT2D eigenvalue weighted by molar-refractivity contribution is 0.000393. The van der Waals surface area contributed by atoms with Gasteiger partial charge in [0.05, 0.1) is 7.11 Å². The largest absolute Gasteiger partial charge is 0.508 e. The first kappa shape index (κ1) is 16.2. The van der Waals surface area contributed by atoms with Crippen molar-refractivity contribution in [2.75, 3.05) is 7.11 Å². The van der Waals surface area contributed by atoms with E-state index in [-0.39, 0.29) is 6.10 Å². The molecule has 1 unspecified atom stereocenters. The van der Waals surface area contributed by atoms with Crippen molar-refractivity contribution in [2.45, 2.75) is 54.8 Å². The van der Waals surface area contributed by atoms with Gasteiger partial charge in [-0.2, -0.15) is 0 Å². The molecule has 1 rings (SSSR count). The van der Waals surface area contributed by atoms with E-state index < -0.39 is 9.95 Å². The second kappa shape index (κ2) is 7.66. The minimum atomic E-state index is -1.30. The normalized spacial score (nSPS) is 19.3. The summed E-state index contributed by atoms with van der Waals surface area (Å²) in [6.07, 6.45) is 5.74. The molecule has 1 fully saturated rings. The van der Waals surface area contributed by atoms with Gasteiger partial charge in [0.15, 0.2) is 3.79 Å². The summed E-state index contributed by atoms with van der Waals surface area (Å²) in [6.45, 7) is 0. The average molecular weight is 318 g/mol. The topological polar surface area (TPSA) is 35.5 Å². The third-order valence-electron chi connectivity index (χ3n) is 3.30. The highest BCUT2D eigenvalue weighted by molar-refractivity contribution is 6.67. The molecule has 0 N–H and O–H groups in total. The molecule has 1 aliphatic rings. The Kier molecular flexibility index (Phi) is 6.89. The first-order valence-electron chi connectivity index (χ1n) is 6.23. The molecule has 0 heterocycles. The van der Waals surface area contributed by atoms with Crippen LogP contribution >= 0.6 is 34.8 Å². The summed E-state index contributed by atoms with van der Waals surface area (Å²) < 4.78 is 8.54. The van der Waals surface area contributed by atoms with E-state index in [1.54, 1.807) is 0 Å². The van der Waals surface area contributed by atoms with Crippen LogP contribution in [0.5, 0.6) is 0 Å². The Labute approximate surface area is 123 Å². The number of hydrogen-bond acceptors (Lipinski definition) is 3. The number of alkyl halides is 3. The number of carbonyl (C=O) groups excluding carboxylic acids is 1. The van der Waals surface area contributed by atoms with Crippen LogP contribution in [0.25, 0.3) is 0 Å². The molecule has 0 aliphatic heterocycles. The Hall–Kier alpha value is 0.140. The highest BCUT2D eigenvalue weighted by Gasteiger charge is 2.30. The van der Waals surface area contributed by atoms with Crippen molar-refractivity contribution >= 4 is 41.0 Å². The predicted octanol–water partition coefficient (Wildman–Crippen LogP) is 4.87. The van der Waals surface area contributed by atoms with E-state index >= 15 is 0 Å². The van der Waals surface area contributed by atoms with Crippen molar-refractivity contribution in [3.63, 3.8) is 0 Å². The standard InChI is InChI=1S/C12H19Cl3O3/c1-17-11(16)18-10(7-8-12(13,14)15)9-5-3-2-4-6-9/h9-10H,2-8H2,1H3. The van der Waals surface area contributed by atoms with Crippen LogP contribution in [-0.2, 0) is 9.47 Å². The maximum atomic E-state index is 11.2. The number of carbonyl (C=O) groups is 1. The Balaban J connectivity index is 2.53. The molecule has 6 heteroatoms. The van der Waals surface area contributed by atoms with Crippen LogP contribution in [0.2, 0.25) is 0 Å². The summed E-state index contributed by atoms with van der Waals surface area (Å²) >= 11 is 17.2. The molecule has 1 atom stereocenters. The summed E-state index contributed by atoms with van der Waals surface area (Å²) in [6, 6.07) is 0. The van der Waals surface area contributed by atoms with Crippen molar-refractivity contribution in [3.8, 4) is 0 Å². The molecule has 18 heavy (non-hydrogen) atoms. The van der Waals surface area contributed by atoms with Crippen molar-refractivity contribution in [1.29, 1.82) is 0 Å². The number of rotatable bonds is 4. The predicted molar refractivity (Wildman–Crippen MR) is 73.4 cm³/mol. The fraction of sp³-hybridized carbons (Fsp3) is 0.917. The zero-order chi connectivity index (χ0) is 13.6. The molecule has 1 aliphatic carbocycles. The summed E-state index contributed by atoms with van der Waals surface area (Å²) in [5.41, 5.74) is 0. The fourth-order valence-electron chi connectivity index (χ4n) is 2.37. The lowest BCUT2D eigenvalue weighted by atomic mass is 9.84. The average Bonchev–Trinajstić information content (AvgIpc) is 2.34. The molecule has 3 nitrogen and oxygen atoms in total. The molecule has 1 saturated carbocycles. The van der Waals surface area contributed by atoms with Gasteiger partial charge in [-0.25, -0.2) is 4.79 Å². The van der Waals surface area contributed by atoms with Gasteiger partial charge >= 0.3 is 6.16 Å². The molecule has 0 spiro atoms. The molecule has 0 saturated heterocycles. The second-order valence-electron chi connectivity index (χ2n) is 4.66. The van der Waals surface area contributed by atoms with Gasteiger partial charge in [0.1, 0.15) is 6.10 Å². The summed E-state index contributed by atoms with van der Waals surface area (Å²) in [5, 5.41) is 0. The van der Waals surface area contributed by atoms with Crippen LogP contribution < -0.4 is 0 Å². The van der Waals surface area contributed by atoms with E-state index in [0.29, 0.717) is 18.8 Å². The number of methoxy groups -OCH3 is 1. The zero-order valence-corrected chi connectivity index (χ0v) is 12.7. The Morgan fingerprint density at radius 2 is 1.89 bits per heavy atom. The Bertz CT molecular complexity index is 260. The smallest absolute Gasteiger partial charge is 0.438 e. The van der Waals surface area contributed by atoms with Crippen LogP contribution in [-0.4, -0.2) is 23.2 Å². The van der Waals surface area contributed by atoms with Gasteiger partial charge in [0.25, 0.3) is 0 Å². The van der Waals surface area contributed by atoms with Gasteiger partial charge in [0, 0.05) is 0 Å². The van der Waals surface area contributed by atoms with E-state index in [1.165, 1.54) is 26.4 Å². The van der Waals surface area contributed by atoms with Crippen LogP contribution in [0, 0.1) is 5.92 Å². The van der Waals surface area contributed by atoms with Gasteiger partial charge in [-0.15, -0.1) is 0 Å². The summed E-state index contributed by atoms with van der Waals surface area (Å²) in [4.78, 5) is 11.2. The van der Waals surface area contributed by atoms with E-state index in [1.807, 2.05) is 0 Å². The maximum Gasteiger partial charge on any atom is 0.508 e. The van der Waals surface area contributed by atoms with Crippen LogP contribution in [0.3, 0.4) is 0 Å². The first-order chi connectivity index (χ1) is 8.42. The quantitative estimate of drug-likeness (QED) is 0.548. The van der Waals surface area contributed by atoms with Gasteiger partial charge in [-0.05, 0) is 31.6 Å². The number of hydrogen-bond donors (Lipinski definition) is 0. The van der Waals surface area contributed by atoms with Gasteiger partial charge in [-0.3, -0.25) is 0 Å². The third kappa shape index (κ3) is 6.35. The highest BCUT2D eigenvalue weighted by Crippen LogP contribution is 2.36. The van der Waals surface area contributed by atoms with Gasteiger partial charge in [0.2, 0.25) is 0 Å². The molecule has 0 aromatic heterocycles. The summed E-state index contributed by atoms with van der Waals surface area (Å²) in [5.74, 6) is 0.352. The lowest BCUT2D eigenvalue weighted by Crippen LogP contribution is -2.29. The van der Waals surface area contributed by atoms with Crippen molar-refractivity contribution < 1.29 is 14.3 Å². The number of ether oxygens (including phenoxy) is 2. The molecular formula is C12H19Cl3O3. The van der Waals surface area contributed by atoms with E-state index in [2.05, 4.69) is 4.74 Å². The first-order valence-corrected chi connectivity index (χ1v) is 7.37. The minimum Gasteiger partial charge on any atom is -0.438 e. The SMILES string of the molecule is COC(=O)OC(CCC(Cl)(Cl)Cl)C1CCCCC1. The van der Waals surface area contributed by atoms with E-state index in [0.717, 1.165) is 12.8 Å². The number of halogens is 3. The van der Waals surface area contributed by atoms with Gasteiger partial charge in [-0.1, -0.05) is 54.1 Å². The second-order valence-corrected chi connectivity index (χ2v) is 7.18. The van der Waals surface area contributed by atoms with Crippen LogP contribution in [0.15, 0.2) is 0 Å². The highest BCUT2D eigenvalue weighted by atomic mass is 35.6. The van der Waals surface area contributed by atoms with Crippen LogP contribution in [0.4, 0.5) is 4.79 Å². The monoisotopic (exact) mass is 316 g/mol. The Morgan fingerprint density at radius 1 is 1.28 bits per heavy atom. The maximum absolute atomic E-state index is 11.2. The molecular weight excluding hydrogens is 298 g/mol. The van der Waals surface area contributed by atoms with Crippen molar-refractivity contribution in [1.82, 2.24) is 0 Å². The van der Waals surface area contributed by atoms with Gasteiger partial charge < -0.3 is 9.47 Å². The van der Waals surface area contributed by atoms with E-state index in [9.17, 15) is 4.79 Å². The molecule has 0 amide bonds. The molecule has 106 valence electrons. The molecule has 0 aromatic rings. The zero-order valence-electron chi connectivity index (χ0n) is 10.5. The Morgan fingerprint density at radius 3 is 2.39 bits per heavy atom. The van der Waals surface area contributed by atoms with E-state index in [4.69, 9.17) is 39.5 Å². The molecule has 0 aromatic carbocycles. The van der Waals surface area contributed by atoms with Crippen molar-refractivity contribution in [2.24, 2.45) is 5.92 Å². The van der Waals surface area contributed by atoms with Crippen molar-refractivity contribution in [3.05, 3.63) is 0 Å². The molecule has 0 bridgehead atoms. The molecule has 0 radical (unpaired) electrons. The van der Waals surface area contributed by atoms with Crippen LogP contribution in [0.1, 0.15) is 44.9 Å². The summed E-state index contributed by atoms with van der Waals surface area (Å²) in [7, 11) is 1.30. The minimum absolute atomic E-state index is 0.214. The lowest BCUT2D eigenvalue weighted by Gasteiger charge is -2.30.